The summed E-state index contributed by atoms with van der Waals surface area (Å²) in [4.78, 5) is 30.6. The number of amides is 2. The summed E-state index contributed by atoms with van der Waals surface area (Å²) in [6.45, 7) is 2.57. The van der Waals surface area contributed by atoms with Crippen LogP contribution in [0.4, 0.5) is 0 Å². The van der Waals surface area contributed by atoms with Crippen LogP contribution in [0.15, 0.2) is 48.8 Å². The number of carbonyl (C=O) groups is 2. The van der Waals surface area contributed by atoms with Crippen molar-refractivity contribution in [3.63, 3.8) is 0 Å². The molecule has 1 heterocycles. The fraction of sp³-hybridized carbons (Fsp3) is 0.348. The zero-order chi connectivity index (χ0) is 19.9. The van der Waals surface area contributed by atoms with Crippen LogP contribution in [0.2, 0.25) is 0 Å². The average molecular weight is 375 g/mol. The van der Waals surface area contributed by atoms with E-state index < -0.39 is 0 Å². The number of hydrogen-bond donors (Lipinski definition) is 1. The number of pyridine rings is 1. The lowest BCUT2D eigenvalue weighted by atomic mass is 10.1. The molecule has 1 fully saturated rings. The molecule has 0 radical (unpaired) electrons. The van der Waals surface area contributed by atoms with Gasteiger partial charge in [0.05, 0.1) is 0 Å². The van der Waals surface area contributed by atoms with Crippen molar-refractivity contribution in [3.8, 4) is 11.8 Å². The summed E-state index contributed by atoms with van der Waals surface area (Å²) in [6.07, 6.45) is 5.84. The summed E-state index contributed by atoms with van der Waals surface area (Å²) in [6, 6.07) is 11.2. The van der Waals surface area contributed by atoms with Crippen molar-refractivity contribution in [2.24, 2.45) is 5.92 Å². The van der Waals surface area contributed by atoms with Crippen LogP contribution >= 0.6 is 0 Å². The van der Waals surface area contributed by atoms with Crippen LogP contribution < -0.4 is 5.32 Å². The third-order valence-corrected chi connectivity index (χ3v) is 5.16. The first-order valence-electron chi connectivity index (χ1n) is 9.65. The van der Waals surface area contributed by atoms with Crippen molar-refractivity contribution in [3.05, 3.63) is 65.5 Å². The molecule has 0 spiro atoms. The lowest BCUT2D eigenvalue weighted by Crippen LogP contribution is -2.36. The number of benzene rings is 1. The second kappa shape index (κ2) is 9.18. The summed E-state index contributed by atoms with van der Waals surface area (Å²) in [5, 5.41) is 2.88. The minimum absolute atomic E-state index is 0.00559. The molecule has 5 nitrogen and oxygen atoms in total. The SMILES string of the molecule is CCNC(=O)[C@H]1CC[C@@H](N(C)C(=O)c2ccc(C#Cc3ccncc3)cc2)C1. The largest absolute Gasteiger partial charge is 0.356 e. The van der Waals surface area contributed by atoms with E-state index in [1.807, 2.05) is 50.4 Å². The molecule has 0 saturated heterocycles. The first kappa shape index (κ1) is 19.6. The van der Waals surface area contributed by atoms with E-state index >= 15 is 0 Å². The molecule has 1 aromatic heterocycles. The number of rotatable bonds is 4. The average Bonchev–Trinajstić information content (AvgIpc) is 3.23. The highest BCUT2D eigenvalue weighted by Gasteiger charge is 2.33. The molecule has 1 aliphatic carbocycles. The van der Waals surface area contributed by atoms with Gasteiger partial charge in [0.2, 0.25) is 5.91 Å². The molecule has 0 aliphatic heterocycles. The van der Waals surface area contributed by atoms with Gasteiger partial charge in [0.25, 0.3) is 5.91 Å². The Bertz CT molecular complexity index is 882. The molecule has 2 atom stereocenters. The smallest absolute Gasteiger partial charge is 0.253 e. The van der Waals surface area contributed by atoms with Crippen molar-refractivity contribution in [2.75, 3.05) is 13.6 Å². The van der Waals surface area contributed by atoms with Gasteiger partial charge in [0, 0.05) is 54.6 Å². The predicted octanol–water partition coefficient (Wildman–Crippen LogP) is 2.86. The Morgan fingerprint density at radius 2 is 1.71 bits per heavy atom. The van der Waals surface area contributed by atoms with Crippen molar-refractivity contribution in [1.82, 2.24) is 15.2 Å². The highest BCUT2D eigenvalue weighted by Crippen LogP contribution is 2.29. The predicted molar refractivity (Wildman–Crippen MR) is 109 cm³/mol. The maximum absolute atomic E-state index is 12.8. The first-order valence-corrected chi connectivity index (χ1v) is 9.65. The Kier molecular flexibility index (Phi) is 6.44. The van der Waals surface area contributed by atoms with Gasteiger partial charge in [-0.05, 0) is 62.6 Å². The van der Waals surface area contributed by atoms with Crippen LogP contribution in [0.25, 0.3) is 0 Å². The van der Waals surface area contributed by atoms with E-state index in [1.165, 1.54) is 0 Å². The van der Waals surface area contributed by atoms with Gasteiger partial charge in [0.15, 0.2) is 0 Å². The van der Waals surface area contributed by atoms with Gasteiger partial charge in [-0.1, -0.05) is 11.8 Å². The van der Waals surface area contributed by atoms with Crippen LogP contribution in [0, 0.1) is 17.8 Å². The van der Waals surface area contributed by atoms with Crippen molar-refractivity contribution in [1.29, 1.82) is 0 Å². The molecule has 1 saturated carbocycles. The summed E-state index contributed by atoms with van der Waals surface area (Å²) in [7, 11) is 1.82. The van der Waals surface area contributed by atoms with Gasteiger partial charge in [-0.25, -0.2) is 0 Å². The summed E-state index contributed by atoms with van der Waals surface area (Å²) >= 11 is 0. The zero-order valence-electron chi connectivity index (χ0n) is 16.3. The van der Waals surface area contributed by atoms with Gasteiger partial charge >= 0.3 is 0 Å². The Morgan fingerprint density at radius 3 is 2.36 bits per heavy atom. The third-order valence-electron chi connectivity index (χ3n) is 5.16. The van der Waals surface area contributed by atoms with E-state index in [1.54, 1.807) is 17.3 Å². The maximum Gasteiger partial charge on any atom is 0.253 e. The standard InChI is InChI=1S/C23H25N3O2/c1-3-25-22(27)20-10-11-21(16-20)26(2)23(28)19-8-6-17(7-9-19)4-5-18-12-14-24-15-13-18/h6-9,12-15,20-21H,3,10-11,16H2,1-2H3,(H,25,27)/t20-,21+/m0/s1. The summed E-state index contributed by atoms with van der Waals surface area (Å²) < 4.78 is 0. The second-order valence-electron chi connectivity index (χ2n) is 7.04. The molecule has 1 aromatic carbocycles. The normalized spacial score (nSPS) is 18.1. The monoisotopic (exact) mass is 375 g/mol. The highest BCUT2D eigenvalue weighted by atomic mass is 16.2. The van der Waals surface area contributed by atoms with Crippen molar-refractivity contribution in [2.45, 2.75) is 32.2 Å². The molecular weight excluding hydrogens is 350 g/mol. The molecule has 1 N–H and O–H groups in total. The number of nitrogens with one attached hydrogen (secondary N) is 1. The van der Waals surface area contributed by atoms with Gasteiger partial charge in [0.1, 0.15) is 0 Å². The number of nitrogens with zero attached hydrogens (tertiary/aromatic N) is 2. The number of hydrogen-bond acceptors (Lipinski definition) is 3. The molecule has 3 rings (SSSR count). The summed E-state index contributed by atoms with van der Waals surface area (Å²) in [5.74, 6) is 6.26. The lowest BCUT2D eigenvalue weighted by molar-refractivity contribution is -0.124. The van der Waals surface area contributed by atoms with Gasteiger partial charge in [-0.2, -0.15) is 0 Å². The fourth-order valence-electron chi connectivity index (χ4n) is 3.51. The number of carbonyl (C=O) groups excluding carboxylic acids is 2. The van der Waals surface area contributed by atoms with Gasteiger partial charge in [-0.3, -0.25) is 14.6 Å². The topological polar surface area (TPSA) is 62.3 Å². The Balaban J connectivity index is 1.61. The van der Waals surface area contributed by atoms with Crippen LogP contribution in [-0.2, 0) is 4.79 Å². The molecule has 2 amide bonds. The Labute approximate surface area is 166 Å². The number of aromatic nitrogens is 1. The van der Waals surface area contributed by atoms with Gasteiger partial charge in [-0.15, -0.1) is 0 Å². The van der Waals surface area contributed by atoms with E-state index in [4.69, 9.17) is 0 Å². The lowest BCUT2D eigenvalue weighted by Gasteiger charge is -2.24. The summed E-state index contributed by atoms with van der Waals surface area (Å²) in [5.41, 5.74) is 2.39. The molecule has 5 heteroatoms. The minimum Gasteiger partial charge on any atom is -0.356 e. The molecule has 0 bridgehead atoms. The molecular formula is C23H25N3O2. The molecule has 144 valence electrons. The molecule has 1 aliphatic rings. The molecule has 28 heavy (non-hydrogen) atoms. The van der Waals surface area contributed by atoms with E-state index in [0.717, 1.165) is 30.4 Å². The van der Waals surface area contributed by atoms with Crippen LogP contribution in [0.5, 0.6) is 0 Å². The van der Waals surface area contributed by atoms with Gasteiger partial charge < -0.3 is 10.2 Å². The highest BCUT2D eigenvalue weighted by molar-refractivity contribution is 5.94. The molecule has 2 aromatic rings. The zero-order valence-corrected chi connectivity index (χ0v) is 16.3. The van der Waals surface area contributed by atoms with E-state index in [-0.39, 0.29) is 23.8 Å². The van der Waals surface area contributed by atoms with E-state index in [9.17, 15) is 9.59 Å². The van der Waals surface area contributed by atoms with Crippen LogP contribution in [0.3, 0.4) is 0 Å². The fourth-order valence-corrected chi connectivity index (χ4v) is 3.51. The van der Waals surface area contributed by atoms with E-state index in [2.05, 4.69) is 22.1 Å². The minimum atomic E-state index is -0.0183. The second-order valence-corrected chi connectivity index (χ2v) is 7.04. The maximum atomic E-state index is 12.8. The Hall–Kier alpha value is -3.13. The van der Waals surface area contributed by atoms with Crippen molar-refractivity contribution < 1.29 is 9.59 Å². The van der Waals surface area contributed by atoms with Crippen LogP contribution in [-0.4, -0.2) is 41.3 Å². The third kappa shape index (κ3) is 4.77. The Morgan fingerprint density at radius 1 is 1.07 bits per heavy atom. The molecule has 0 unspecified atom stereocenters. The quantitative estimate of drug-likeness (QED) is 0.836. The van der Waals surface area contributed by atoms with E-state index in [0.29, 0.717) is 12.1 Å². The first-order chi connectivity index (χ1) is 13.6. The van der Waals surface area contributed by atoms with Crippen molar-refractivity contribution >= 4 is 11.8 Å². The van der Waals surface area contributed by atoms with Crippen LogP contribution in [0.1, 0.15) is 47.7 Å².